The molecule has 1 aliphatic heterocycles. The number of hydrogen-bond donors (Lipinski definition) is 2. The van der Waals surface area contributed by atoms with Crippen molar-refractivity contribution in [3.8, 4) is 10.8 Å². The number of thiazole rings is 1. The number of furan rings is 1. The lowest BCUT2D eigenvalue weighted by atomic mass is 9.86. The Bertz CT molecular complexity index is 791. The number of nitrogens with one attached hydrogen (secondary N) is 1. The van der Waals surface area contributed by atoms with Crippen LogP contribution in [0.4, 0.5) is 0 Å². The fourth-order valence-corrected chi connectivity index (χ4v) is 4.06. The van der Waals surface area contributed by atoms with Crippen molar-refractivity contribution >= 4 is 23.2 Å². The monoisotopic (exact) mass is 378 g/mol. The molecule has 2 aromatic heterocycles. The Kier molecular flexibility index (Phi) is 5.73. The van der Waals surface area contributed by atoms with E-state index in [1.807, 2.05) is 19.1 Å². The Balaban J connectivity index is 1.67. The highest BCUT2D eigenvalue weighted by molar-refractivity contribution is 7.17. The van der Waals surface area contributed by atoms with Gasteiger partial charge in [-0.25, -0.2) is 4.98 Å². The summed E-state index contributed by atoms with van der Waals surface area (Å²) < 4.78 is 10.8. The van der Waals surface area contributed by atoms with E-state index in [1.54, 1.807) is 6.92 Å². The summed E-state index contributed by atoms with van der Waals surface area (Å²) in [5, 5.41) is 12.9. The number of aromatic nitrogens is 1. The van der Waals surface area contributed by atoms with Crippen molar-refractivity contribution in [2.75, 3.05) is 19.8 Å². The van der Waals surface area contributed by atoms with Gasteiger partial charge < -0.3 is 19.6 Å². The molecule has 8 heteroatoms. The van der Waals surface area contributed by atoms with Gasteiger partial charge in [-0.1, -0.05) is 0 Å². The molecule has 1 atom stereocenters. The van der Waals surface area contributed by atoms with Crippen LogP contribution in [0.5, 0.6) is 0 Å². The van der Waals surface area contributed by atoms with Crippen LogP contribution < -0.4 is 5.32 Å². The standard InChI is InChI=1S/C18H22N2O5S/c1-10-3-4-14(25-10)17-20-11(2)15(26-17)16(21)19-9-13(18(22)23)12-5-7-24-8-6-12/h3-4,12-13H,5-9H2,1-2H3,(H,19,21)(H,22,23). The van der Waals surface area contributed by atoms with E-state index >= 15 is 0 Å². The lowest BCUT2D eigenvalue weighted by Crippen LogP contribution is -2.38. The van der Waals surface area contributed by atoms with E-state index in [2.05, 4.69) is 10.3 Å². The van der Waals surface area contributed by atoms with Crippen molar-refractivity contribution in [1.29, 1.82) is 0 Å². The van der Waals surface area contributed by atoms with E-state index in [-0.39, 0.29) is 18.4 Å². The first-order chi connectivity index (χ1) is 12.5. The summed E-state index contributed by atoms with van der Waals surface area (Å²) in [6, 6.07) is 3.66. The van der Waals surface area contributed by atoms with Crippen LogP contribution in [0.2, 0.25) is 0 Å². The quantitative estimate of drug-likeness (QED) is 0.801. The van der Waals surface area contributed by atoms with Crippen molar-refractivity contribution < 1.29 is 23.8 Å². The van der Waals surface area contributed by atoms with Crippen LogP contribution in [0.1, 0.15) is 34.0 Å². The van der Waals surface area contributed by atoms with Crippen LogP contribution in [0.25, 0.3) is 10.8 Å². The lowest BCUT2D eigenvalue weighted by Gasteiger charge is -2.27. The van der Waals surface area contributed by atoms with Crippen LogP contribution in [-0.2, 0) is 9.53 Å². The molecule has 2 N–H and O–H groups in total. The Labute approximate surface area is 155 Å². The van der Waals surface area contributed by atoms with E-state index in [4.69, 9.17) is 9.15 Å². The zero-order chi connectivity index (χ0) is 18.7. The molecule has 0 spiro atoms. The number of carboxylic acids is 1. The first-order valence-electron chi connectivity index (χ1n) is 8.58. The summed E-state index contributed by atoms with van der Waals surface area (Å²) in [4.78, 5) is 29.0. The summed E-state index contributed by atoms with van der Waals surface area (Å²) in [7, 11) is 0. The van der Waals surface area contributed by atoms with Crippen LogP contribution in [0, 0.1) is 25.7 Å². The van der Waals surface area contributed by atoms with Crippen molar-refractivity contribution in [1.82, 2.24) is 10.3 Å². The fourth-order valence-electron chi connectivity index (χ4n) is 3.12. The molecule has 0 radical (unpaired) electrons. The third kappa shape index (κ3) is 4.13. The predicted molar refractivity (Wildman–Crippen MR) is 96.3 cm³/mol. The number of hydrogen-bond acceptors (Lipinski definition) is 6. The maximum Gasteiger partial charge on any atom is 0.308 e. The minimum atomic E-state index is -0.884. The molecule has 0 saturated carbocycles. The number of ether oxygens (including phenoxy) is 1. The van der Waals surface area contributed by atoms with E-state index < -0.39 is 11.9 Å². The van der Waals surface area contributed by atoms with Crippen molar-refractivity contribution in [3.63, 3.8) is 0 Å². The Hall–Kier alpha value is -2.19. The molecular weight excluding hydrogens is 356 g/mol. The molecule has 0 bridgehead atoms. The molecule has 1 saturated heterocycles. The molecule has 1 aliphatic rings. The van der Waals surface area contributed by atoms with E-state index in [0.29, 0.717) is 47.4 Å². The molecule has 3 rings (SSSR count). The molecule has 140 valence electrons. The zero-order valence-corrected chi connectivity index (χ0v) is 15.6. The van der Waals surface area contributed by atoms with Crippen LogP contribution >= 0.6 is 11.3 Å². The minimum Gasteiger partial charge on any atom is -0.481 e. The molecule has 1 amide bonds. The molecule has 1 unspecified atom stereocenters. The second-order valence-corrected chi connectivity index (χ2v) is 7.45. The largest absolute Gasteiger partial charge is 0.481 e. The lowest BCUT2D eigenvalue weighted by molar-refractivity contribution is -0.144. The first kappa shape index (κ1) is 18.6. The third-order valence-corrected chi connectivity index (χ3v) is 5.76. The molecule has 3 heterocycles. The summed E-state index contributed by atoms with van der Waals surface area (Å²) >= 11 is 1.25. The zero-order valence-electron chi connectivity index (χ0n) is 14.8. The summed E-state index contributed by atoms with van der Waals surface area (Å²) in [5.41, 5.74) is 0.606. The summed E-state index contributed by atoms with van der Waals surface area (Å²) in [6.45, 7) is 4.85. The van der Waals surface area contributed by atoms with Gasteiger partial charge in [-0.2, -0.15) is 0 Å². The number of aliphatic carboxylic acids is 1. The van der Waals surface area contributed by atoms with Gasteiger partial charge in [0.25, 0.3) is 5.91 Å². The molecule has 1 fully saturated rings. The summed E-state index contributed by atoms with van der Waals surface area (Å²) in [5.74, 6) is -0.369. The Morgan fingerprint density at radius 1 is 1.35 bits per heavy atom. The average Bonchev–Trinajstić information content (AvgIpc) is 3.21. The van der Waals surface area contributed by atoms with Crippen LogP contribution in [0.3, 0.4) is 0 Å². The van der Waals surface area contributed by atoms with Gasteiger partial charge in [-0.3, -0.25) is 9.59 Å². The number of aryl methyl sites for hydroxylation is 2. The molecule has 2 aromatic rings. The normalized spacial score (nSPS) is 16.4. The van der Waals surface area contributed by atoms with Gasteiger partial charge in [0, 0.05) is 19.8 Å². The van der Waals surface area contributed by atoms with Gasteiger partial charge in [-0.05, 0) is 44.7 Å². The number of amides is 1. The predicted octanol–water partition coefficient (Wildman–Crippen LogP) is 2.88. The second-order valence-electron chi connectivity index (χ2n) is 6.45. The van der Waals surface area contributed by atoms with Gasteiger partial charge in [0.1, 0.15) is 10.6 Å². The molecule has 0 aromatic carbocycles. The van der Waals surface area contributed by atoms with E-state index in [1.165, 1.54) is 11.3 Å². The first-order valence-corrected chi connectivity index (χ1v) is 9.40. The smallest absolute Gasteiger partial charge is 0.308 e. The number of rotatable bonds is 6. The van der Waals surface area contributed by atoms with E-state index in [0.717, 1.165) is 5.76 Å². The number of carbonyl (C=O) groups is 2. The van der Waals surface area contributed by atoms with Gasteiger partial charge >= 0.3 is 5.97 Å². The second kappa shape index (κ2) is 8.01. The van der Waals surface area contributed by atoms with Gasteiger partial charge in [0.05, 0.1) is 11.6 Å². The highest BCUT2D eigenvalue weighted by Gasteiger charge is 2.30. The maximum absolute atomic E-state index is 12.5. The van der Waals surface area contributed by atoms with Crippen molar-refractivity contribution in [2.45, 2.75) is 26.7 Å². The maximum atomic E-state index is 12.5. The Morgan fingerprint density at radius 3 is 2.69 bits per heavy atom. The van der Waals surface area contributed by atoms with Crippen molar-refractivity contribution in [2.24, 2.45) is 11.8 Å². The van der Waals surface area contributed by atoms with Crippen molar-refractivity contribution in [3.05, 3.63) is 28.5 Å². The Morgan fingerprint density at radius 2 is 2.08 bits per heavy atom. The number of nitrogens with zero attached hydrogens (tertiary/aromatic N) is 1. The summed E-state index contributed by atoms with van der Waals surface area (Å²) in [6.07, 6.45) is 1.41. The SMILES string of the molecule is Cc1ccc(-c2nc(C)c(C(=O)NCC(C(=O)O)C3CCOCC3)s2)o1. The third-order valence-electron chi connectivity index (χ3n) is 4.59. The average molecular weight is 378 g/mol. The van der Waals surface area contributed by atoms with E-state index in [9.17, 15) is 14.7 Å². The van der Waals surface area contributed by atoms with Gasteiger partial charge in [0.2, 0.25) is 0 Å². The van der Waals surface area contributed by atoms with Crippen LogP contribution in [0.15, 0.2) is 16.5 Å². The molecule has 7 nitrogen and oxygen atoms in total. The minimum absolute atomic E-state index is 0.0192. The highest BCUT2D eigenvalue weighted by atomic mass is 32.1. The molecule has 0 aliphatic carbocycles. The number of carbonyl (C=O) groups excluding carboxylic acids is 1. The van der Waals surface area contributed by atoms with Gasteiger partial charge in [-0.15, -0.1) is 11.3 Å². The fraction of sp³-hybridized carbons (Fsp3) is 0.500. The molecular formula is C18H22N2O5S. The topological polar surface area (TPSA) is 102 Å². The number of carboxylic acid groups (broad SMARTS) is 1. The van der Waals surface area contributed by atoms with Crippen LogP contribution in [-0.4, -0.2) is 41.7 Å². The molecule has 26 heavy (non-hydrogen) atoms. The highest BCUT2D eigenvalue weighted by Crippen LogP contribution is 2.29. The van der Waals surface area contributed by atoms with Gasteiger partial charge in [0.15, 0.2) is 10.8 Å².